The van der Waals surface area contributed by atoms with E-state index < -0.39 is 0 Å². The Morgan fingerprint density at radius 3 is 2.81 bits per heavy atom. The van der Waals surface area contributed by atoms with Gasteiger partial charge in [0.1, 0.15) is 5.82 Å². The summed E-state index contributed by atoms with van der Waals surface area (Å²) in [5, 5.41) is 4.74. The summed E-state index contributed by atoms with van der Waals surface area (Å²) in [6, 6.07) is 8.05. The lowest BCUT2D eigenvalue weighted by Gasteiger charge is -2.24. The van der Waals surface area contributed by atoms with Crippen molar-refractivity contribution in [3.05, 3.63) is 59.8 Å². The molecule has 0 radical (unpaired) electrons. The first kappa shape index (κ1) is 20.6. The fourth-order valence-electron chi connectivity index (χ4n) is 4.79. The number of hydrogen-bond acceptors (Lipinski definition) is 5. The molecule has 1 amide bonds. The second-order valence-corrected chi connectivity index (χ2v) is 8.59. The maximum Gasteiger partial charge on any atom is 0.227 e. The highest BCUT2D eigenvalue weighted by Crippen LogP contribution is 2.37. The number of amides is 1. The Kier molecular flexibility index (Phi) is 5.59. The average molecular weight is 435 g/mol. The highest BCUT2D eigenvalue weighted by atomic mass is 19.1. The van der Waals surface area contributed by atoms with Crippen molar-refractivity contribution in [3.8, 4) is 11.3 Å². The molecule has 0 N–H and O–H groups in total. The third-order valence-corrected chi connectivity index (χ3v) is 6.30. The Labute approximate surface area is 186 Å². The second kappa shape index (κ2) is 8.68. The van der Waals surface area contributed by atoms with Crippen LogP contribution in [0, 0.1) is 5.82 Å². The lowest BCUT2D eigenvalue weighted by atomic mass is 10.0. The molecule has 0 saturated carbocycles. The summed E-state index contributed by atoms with van der Waals surface area (Å²) in [4.78, 5) is 26.5. The van der Waals surface area contributed by atoms with E-state index in [1.807, 2.05) is 24.2 Å². The van der Waals surface area contributed by atoms with Gasteiger partial charge in [-0.1, -0.05) is 12.1 Å². The van der Waals surface area contributed by atoms with E-state index >= 15 is 0 Å². The van der Waals surface area contributed by atoms with Gasteiger partial charge in [0.15, 0.2) is 0 Å². The Morgan fingerprint density at radius 2 is 2.00 bits per heavy atom. The van der Waals surface area contributed by atoms with Gasteiger partial charge in [0.2, 0.25) is 11.9 Å². The van der Waals surface area contributed by atoms with Crippen LogP contribution in [0.1, 0.15) is 43.0 Å². The molecule has 5 rings (SSSR count). The highest BCUT2D eigenvalue weighted by Gasteiger charge is 2.34. The molecule has 1 unspecified atom stereocenters. The van der Waals surface area contributed by atoms with Crippen molar-refractivity contribution in [1.82, 2.24) is 24.6 Å². The van der Waals surface area contributed by atoms with Crippen LogP contribution in [0.2, 0.25) is 0 Å². The predicted molar refractivity (Wildman–Crippen MR) is 119 cm³/mol. The van der Waals surface area contributed by atoms with Gasteiger partial charge < -0.3 is 9.80 Å². The van der Waals surface area contributed by atoms with Crippen molar-refractivity contribution in [1.29, 1.82) is 0 Å². The van der Waals surface area contributed by atoms with E-state index in [0.29, 0.717) is 12.1 Å². The summed E-state index contributed by atoms with van der Waals surface area (Å²) >= 11 is 0. The third-order valence-electron chi connectivity index (χ3n) is 6.30. The van der Waals surface area contributed by atoms with Gasteiger partial charge in [-0.3, -0.25) is 9.48 Å². The van der Waals surface area contributed by atoms with Crippen LogP contribution in [0.5, 0.6) is 0 Å². The Hall–Kier alpha value is -3.29. The van der Waals surface area contributed by atoms with Gasteiger partial charge in [-0.05, 0) is 49.4 Å². The standard InChI is InChI=1S/C24H27FN6O/c1-29-16-19(20-9-10-26-24(27-20)30-11-2-3-12-30)23(28-29)21-8-5-13-31(21)22(32)15-17-6-4-7-18(25)14-17/h4,6-7,9-10,14,16,21H,2-3,5,8,11-13,15H2,1H3. The van der Waals surface area contributed by atoms with Crippen molar-refractivity contribution in [2.75, 3.05) is 24.5 Å². The summed E-state index contributed by atoms with van der Waals surface area (Å²) in [7, 11) is 1.89. The molecule has 8 heteroatoms. The van der Waals surface area contributed by atoms with Crippen LogP contribution < -0.4 is 4.90 Å². The van der Waals surface area contributed by atoms with Crippen LogP contribution >= 0.6 is 0 Å². The smallest absolute Gasteiger partial charge is 0.227 e. The van der Waals surface area contributed by atoms with E-state index in [1.165, 1.54) is 12.1 Å². The molecule has 2 aromatic heterocycles. The van der Waals surface area contributed by atoms with E-state index in [9.17, 15) is 9.18 Å². The van der Waals surface area contributed by atoms with Gasteiger partial charge in [-0.15, -0.1) is 0 Å². The molecule has 1 aromatic carbocycles. The third kappa shape index (κ3) is 4.09. The molecule has 0 spiro atoms. The van der Waals surface area contributed by atoms with Crippen molar-refractivity contribution in [2.24, 2.45) is 7.05 Å². The Balaban J connectivity index is 1.42. The van der Waals surface area contributed by atoms with Gasteiger partial charge in [-0.2, -0.15) is 5.10 Å². The molecule has 2 saturated heterocycles. The van der Waals surface area contributed by atoms with Crippen LogP contribution in [-0.4, -0.2) is 50.2 Å². The zero-order chi connectivity index (χ0) is 22.1. The SMILES string of the molecule is Cn1cc(-c2ccnc(N3CCCC3)n2)c(C2CCCN2C(=O)Cc2cccc(F)c2)n1. The van der Waals surface area contributed by atoms with Gasteiger partial charge in [0.25, 0.3) is 0 Å². The molecule has 2 aliphatic heterocycles. The predicted octanol–water partition coefficient (Wildman–Crippen LogP) is 3.52. The number of nitrogens with zero attached hydrogens (tertiary/aromatic N) is 6. The number of carbonyl (C=O) groups is 1. The molecule has 1 atom stereocenters. The largest absolute Gasteiger partial charge is 0.341 e. The number of rotatable bonds is 5. The monoisotopic (exact) mass is 434 g/mol. The number of aromatic nitrogens is 4. The molecule has 4 heterocycles. The molecule has 32 heavy (non-hydrogen) atoms. The quantitative estimate of drug-likeness (QED) is 0.615. The first-order valence-corrected chi connectivity index (χ1v) is 11.2. The molecular weight excluding hydrogens is 407 g/mol. The normalized spacial score (nSPS) is 18.5. The van der Waals surface area contributed by atoms with Crippen molar-refractivity contribution in [3.63, 3.8) is 0 Å². The summed E-state index contributed by atoms with van der Waals surface area (Å²) in [6.07, 6.45) is 8.05. The van der Waals surface area contributed by atoms with Crippen LogP contribution in [0.3, 0.4) is 0 Å². The lowest BCUT2D eigenvalue weighted by molar-refractivity contribution is -0.131. The second-order valence-electron chi connectivity index (χ2n) is 8.59. The first-order chi connectivity index (χ1) is 15.6. The van der Waals surface area contributed by atoms with Crippen LogP contribution in [0.15, 0.2) is 42.7 Å². The number of anilines is 1. The van der Waals surface area contributed by atoms with E-state index in [2.05, 4.69) is 9.88 Å². The highest BCUT2D eigenvalue weighted by molar-refractivity contribution is 5.80. The maximum atomic E-state index is 13.6. The van der Waals surface area contributed by atoms with Crippen LogP contribution in [-0.2, 0) is 18.3 Å². The zero-order valence-corrected chi connectivity index (χ0v) is 18.2. The summed E-state index contributed by atoms with van der Waals surface area (Å²) in [6.45, 7) is 2.64. The Bertz CT molecular complexity index is 1120. The van der Waals surface area contributed by atoms with Crippen molar-refractivity contribution in [2.45, 2.75) is 38.1 Å². The molecule has 2 fully saturated rings. The average Bonchev–Trinajstić information content (AvgIpc) is 3.54. The van der Waals surface area contributed by atoms with E-state index in [4.69, 9.17) is 10.1 Å². The van der Waals surface area contributed by atoms with Gasteiger partial charge in [0.05, 0.1) is 23.9 Å². The number of likely N-dealkylation sites (tertiary alicyclic amines) is 1. The summed E-state index contributed by atoms with van der Waals surface area (Å²) in [5.41, 5.74) is 3.32. The van der Waals surface area contributed by atoms with E-state index in [1.54, 1.807) is 23.0 Å². The molecule has 0 bridgehead atoms. The lowest BCUT2D eigenvalue weighted by Crippen LogP contribution is -2.32. The molecule has 2 aliphatic rings. The summed E-state index contributed by atoms with van der Waals surface area (Å²) < 4.78 is 15.4. The molecular formula is C24H27FN6O. The van der Waals surface area contributed by atoms with Gasteiger partial charge in [-0.25, -0.2) is 14.4 Å². The molecule has 0 aliphatic carbocycles. The zero-order valence-electron chi connectivity index (χ0n) is 18.2. The van der Waals surface area contributed by atoms with Gasteiger partial charge >= 0.3 is 0 Å². The topological polar surface area (TPSA) is 67.2 Å². The number of aryl methyl sites for hydroxylation is 1. The Morgan fingerprint density at radius 1 is 1.16 bits per heavy atom. The van der Waals surface area contributed by atoms with Crippen LogP contribution in [0.4, 0.5) is 10.3 Å². The minimum absolute atomic E-state index is 0.00449. The minimum Gasteiger partial charge on any atom is -0.341 e. The van der Waals surface area contributed by atoms with Gasteiger partial charge in [0, 0.05) is 44.6 Å². The molecule has 166 valence electrons. The first-order valence-electron chi connectivity index (χ1n) is 11.2. The molecule has 7 nitrogen and oxygen atoms in total. The van der Waals surface area contributed by atoms with E-state index in [-0.39, 0.29) is 24.2 Å². The van der Waals surface area contributed by atoms with Crippen LogP contribution in [0.25, 0.3) is 11.3 Å². The van der Waals surface area contributed by atoms with E-state index in [0.717, 1.165) is 61.7 Å². The fraction of sp³-hybridized carbons (Fsp3) is 0.417. The number of hydrogen-bond donors (Lipinski definition) is 0. The fourth-order valence-corrected chi connectivity index (χ4v) is 4.79. The van der Waals surface area contributed by atoms with Crippen molar-refractivity contribution >= 4 is 11.9 Å². The summed E-state index contributed by atoms with van der Waals surface area (Å²) in [5.74, 6) is 0.424. The maximum absolute atomic E-state index is 13.6. The van der Waals surface area contributed by atoms with Crippen molar-refractivity contribution < 1.29 is 9.18 Å². The minimum atomic E-state index is -0.321. The number of halogens is 1. The number of benzene rings is 1. The molecule has 3 aromatic rings. The number of carbonyl (C=O) groups excluding carboxylic acids is 1.